The van der Waals surface area contributed by atoms with Crippen LogP contribution in [0.1, 0.15) is 22.3 Å². The van der Waals surface area contributed by atoms with Crippen LogP contribution in [0.4, 0.5) is 11.4 Å². The number of carbonyl (C=O) groups is 2. The van der Waals surface area contributed by atoms with E-state index in [2.05, 4.69) is 5.32 Å². The summed E-state index contributed by atoms with van der Waals surface area (Å²) in [5, 5.41) is 14.7. The van der Waals surface area contributed by atoms with E-state index in [1.807, 2.05) is 73.1 Å². The van der Waals surface area contributed by atoms with E-state index in [1.54, 1.807) is 12.1 Å². The zero-order valence-corrected chi connectivity index (χ0v) is 20.9. The summed E-state index contributed by atoms with van der Waals surface area (Å²) in [6.45, 7) is 4.18. The Morgan fingerprint density at radius 2 is 1.81 bits per heavy atom. The topological polar surface area (TPSA) is 97.5 Å². The lowest BCUT2D eigenvalue weighted by Gasteiger charge is -2.30. The molecule has 1 saturated heterocycles. The number of aromatic nitrogens is 1. The van der Waals surface area contributed by atoms with Crippen LogP contribution in [-0.2, 0) is 16.1 Å². The fourth-order valence-corrected chi connectivity index (χ4v) is 4.75. The minimum Gasteiger partial charge on any atom is -0.342 e. The number of nitro groups is 1. The molecule has 1 aliphatic rings. The van der Waals surface area contributed by atoms with Crippen molar-refractivity contribution in [2.24, 2.45) is 0 Å². The van der Waals surface area contributed by atoms with Crippen molar-refractivity contribution in [2.75, 3.05) is 4.90 Å². The zero-order valence-electron chi connectivity index (χ0n) is 20.1. The van der Waals surface area contributed by atoms with Gasteiger partial charge in [0.25, 0.3) is 17.5 Å². The van der Waals surface area contributed by atoms with Crippen molar-refractivity contribution in [2.45, 2.75) is 20.4 Å². The van der Waals surface area contributed by atoms with Crippen molar-refractivity contribution in [3.05, 3.63) is 111 Å². The Bertz CT molecular complexity index is 1650. The summed E-state index contributed by atoms with van der Waals surface area (Å²) in [5.41, 5.74) is 4.71. The molecule has 3 aromatic carbocycles. The Morgan fingerprint density at radius 3 is 2.59 bits per heavy atom. The van der Waals surface area contributed by atoms with Gasteiger partial charge in [0.05, 0.1) is 10.6 Å². The van der Waals surface area contributed by atoms with Gasteiger partial charge in [0.2, 0.25) is 0 Å². The summed E-state index contributed by atoms with van der Waals surface area (Å²) >= 11 is 5.36. The van der Waals surface area contributed by atoms with E-state index in [-0.39, 0.29) is 16.4 Å². The number of non-ortho nitro benzene ring substituents is 1. The van der Waals surface area contributed by atoms with Crippen molar-refractivity contribution in [3.8, 4) is 0 Å². The number of aryl methyl sites for hydroxylation is 2. The fraction of sp³-hybridized carbons (Fsp3) is 0.107. The average Bonchev–Trinajstić information content (AvgIpc) is 3.21. The van der Waals surface area contributed by atoms with E-state index >= 15 is 0 Å². The van der Waals surface area contributed by atoms with Crippen LogP contribution in [-0.4, -0.2) is 26.4 Å². The number of thiocarbonyl (C=S) groups is 1. The number of rotatable bonds is 5. The highest BCUT2D eigenvalue weighted by Crippen LogP contribution is 2.29. The van der Waals surface area contributed by atoms with Crippen LogP contribution in [0.25, 0.3) is 17.0 Å². The summed E-state index contributed by atoms with van der Waals surface area (Å²) in [6.07, 6.45) is 3.41. The number of benzene rings is 3. The molecule has 0 unspecified atom stereocenters. The molecule has 4 aromatic rings. The van der Waals surface area contributed by atoms with Crippen LogP contribution >= 0.6 is 12.2 Å². The van der Waals surface area contributed by atoms with Gasteiger partial charge in [-0.05, 0) is 61.0 Å². The van der Waals surface area contributed by atoms with E-state index in [4.69, 9.17) is 12.2 Å². The van der Waals surface area contributed by atoms with Gasteiger partial charge in [-0.15, -0.1) is 0 Å². The van der Waals surface area contributed by atoms with Gasteiger partial charge in [0.15, 0.2) is 5.11 Å². The van der Waals surface area contributed by atoms with Gasteiger partial charge in [-0.2, -0.15) is 0 Å². The molecule has 1 fully saturated rings. The number of hydrogen-bond acceptors (Lipinski definition) is 5. The molecule has 0 radical (unpaired) electrons. The molecule has 0 bridgehead atoms. The number of para-hydroxylation sites is 1. The number of hydrogen-bond donors (Lipinski definition) is 1. The molecular weight excluding hydrogens is 488 g/mol. The van der Waals surface area contributed by atoms with Gasteiger partial charge >= 0.3 is 0 Å². The lowest BCUT2D eigenvalue weighted by atomic mass is 10.0. The quantitative estimate of drug-likeness (QED) is 0.133. The monoisotopic (exact) mass is 510 g/mol. The van der Waals surface area contributed by atoms with Crippen molar-refractivity contribution in [3.63, 3.8) is 0 Å². The number of nitrogens with one attached hydrogen (secondary N) is 1. The highest BCUT2D eigenvalue weighted by molar-refractivity contribution is 7.80. The Hall–Kier alpha value is -4.63. The first-order valence-electron chi connectivity index (χ1n) is 11.5. The molecule has 184 valence electrons. The fourth-order valence-electron chi connectivity index (χ4n) is 4.48. The predicted molar refractivity (Wildman–Crippen MR) is 146 cm³/mol. The van der Waals surface area contributed by atoms with Crippen molar-refractivity contribution in [1.29, 1.82) is 0 Å². The zero-order chi connectivity index (χ0) is 26.3. The molecule has 0 aliphatic carbocycles. The molecule has 1 N–H and O–H groups in total. The minimum absolute atomic E-state index is 0.0169. The maximum Gasteiger partial charge on any atom is 0.270 e. The maximum atomic E-state index is 13.6. The van der Waals surface area contributed by atoms with E-state index in [0.29, 0.717) is 17.8 Å². The Labute approximate surface area is 218 Å². The van der Waals surface area contributed by atoms with E-state index in [0.717, 1.165) is 27.6 Å². The van der Waals surface area contributed by atoms with Crippen LogP contribution in [0.2, 0.25) is 0 Å². The summed E-state index contributed by atoms with van der Waals surface area (Å²) in [6, 6.07) is 19.8. The van der Waals surface area contributed by atoms with E-state index in [1.165, 1.54) is 17.0 Å². The van der Waals surface area contributed by atoms with Gasteiger partial charge in [-0.25, -0.2) is 0 Å². The van der Waals surface area contributed by atoms with Crippen LogP contribution in [0.15, 0.2) is 78.5 Å². The lowest BCUT2D eigenvalue weighted by molar-refractivity contribution is -0.384. The van der Waals surface area contributed by atoms with Crippen LogP contribution in [0.5, 0.6) is 0 Å². The molecule has 2 amide bonds. The summed E-state index contributed by atoms with van der Waals surface area (Å²) in [5.74, 6) is -1.06. The summed E-state index contributed by atoms with van der Waals surface area (Å²) < 4.78 is 1.94. The Kier molecular flexibility index (Phi) is 6.14. The third-order valence-electron chi connectivity index (χ3n) is 6.30. The number of fused-ring (bicyclic) bond motifs is 1. The first kappa shape index (κ1) is 24.1. The summed E-state index contributed by atoms with van der Waals surface area (Å²) in [7, 11) is 0. The second-order valence-corrected chi connectivity index (χ2v) is 9.29. The number of carbonyl (C=O) groups excluding carboxylic acids is 2. The lowest BCUT2D eigenvalue weighted by Crippen LogP contribution is -2.54. The molecule has 0 spiro atoms. The summed E-state index contributed by atoms with van der Waals surface area (Å²) in [4.78, 5) is 38.6. The highest BCUT2D eigenvalue weighted by Gasteiger charge is 2.35. The van der Waals surface area contributed by atoms with Gasteiger partial charge in [0.1, 0.15) is 5.57 Å². The molecule has 1 aliphatic heterocycles. The predicted octanol–water partition coefficient (Wildman–Crippen LogP) is 5.05. The number of anilines is 1. The average molecular weight is 511 g/mol. The third kappa shape index (κ3) is 4.52. The van der Waals surface area contributed by atoms with Crippen molar-refractivity contribution in [1.82, 2.24) is 9.88 Å². The first-order chi connectivity index (χ1) is 17.7. The molecule has 9 heteroatoms. The molecular formula is C28H22N4O4S. The molecule has 1 aromatic heterocycles. The molecule has 0 atom stereocenters. The Morgan fingerprint density at radius 1 is 1.03 bits per heavy atom. The molecule has 5 rings (SSSR count). The van der Waals surface area contributed by atoms with Crippen LogP contribution < -0.4 is 10.2 Å². The largest absolute Gasteiger partial charge is 0.342 e. The molecule has 2 heterocycles. The normalized spacial score (nSPS) is 14.9. The van der Waals surface area contributed by atoms with Crippen LogP contribution in [0.3, 0.4) is 0 Å². The standard InChI is InChI=1S/C28H22N4O4S/c1-17-10-11-18(2)25(12-17)31-27(34)23(26(33)29-28(31)37)14-20-16-30(24-9-4-3-8-22(20)24)15-19-6-5-7-21(13-19)32(35)36/h3-14,16H,15H2,1-2H3,(H,29,33,37)/b23-14+. The second kappa shape index (κ2) is 9.44. The van der Waals surface area contributed by atoms with Gasteiger partial charge in [-0.1, -0.05) is 42.5 Å². The Balaban J connectivity index is 1.57. The van der Waals surface area contributed by atoms with Gasteiger partial charge < -0.3 is 4.57 Å². The minimum atomic E-state index is -0.563. The second-order valence-electron chi connectivity index (χ2n) is 8.90. The van der Waals surface area contributed by atoms with Crippen LogP contribution in [0, 0.1) is 24.0 Å². The number of amides is 2. The van der Waals surface area contributed by atoms with Crippen molar-refractivity contribution < 1.29 is 14.5 Å². The highest BCUT2D eigenvalue weighted by atomic mass is 32.1. The molecule has 0 saturated carbocycles. The van der Waals surface area contributed by atoms with Gasteiger partial charge in [0, 0.05) is 41.3 Å². The molecule has 8 nitrogen and oxygen atoms in total. The number of nitrogens with zero attached hydrogens (tertiary/aromatic N) is 3. The van der Waals surface area contributed by atoms with Crippen molar-refractivity contribution >= 4 is 57.5 Å². The van der Waals surface area contributed by atoms with Gasteiger partial charge in [-0.3, -0.25) is 29.9 Å². The third-order valence-corrected chi connectivity index (χ3v) is 6.59. The number of nitro benzene ring substituents is 1. The maximum absolute atomic E-state index is 13.6. The smallest absolute Gasteiger partial charge is 0.270 e. The van der Waals surface area contributed by atoms with E-state index in [9.17, 15) is 19.7 Å². The van der Waals surface area contributed by atoms with E-state index < -0.39 is 16.7 Å². The SMILES string of the molecule is Cc1ccc(C)c(N2C(=O)/C(=C/c3cn(Cc4cccc([N+](=O)[O-])c4)c4ccccc34)C(=O)NC2=S)c1. The molecule has 37 heavy (non-hydrogen) atoms. The first-order valence-corrected chi connectivity index (χ1v) is 11.9.